The fraction of sp³-hybridized carbons (Fsp3) is 0.318. The van der Waals surface area contributed by atoms with E-state index >= 15 is 0 Å². The van der Waals surface area contributed by atoms with Crippen LogP contribution < -0.4 is 20.3 Å². The van der Waals surface area contributed by atoms with Crippen LogP contribution >= 0.6 is 0 Å². The summed E-state index contributed by atoms with van der Waals surface area (Å²) in [5.74, 6) is 0.580. The van der Waals surface area contributed by atoms with Gasteiger partial charge in [0.2, 0.25) is 5.91 Å². The van der Waals surface area contributed by atoms with Crippen LogP contribution in [0.5, 0.6) is 5.75 Å². The fourth-order valence-electron chi connectivity index (χ4n) is 4.34. The first-order valence-corrected chi connectivity index (χ1v) is 10.6. The van der Waals surface area contributed by atoms with E-state index < -0.39 is 17.5 Å². The maximum Gasteiger partial charge on any atom is 0.325 e. The van der Waals surface area contributed by atoms with Crippen LogP contribution in [0.1, 0.15) is 12.8 Å². The number of imidazole rings is 1. The van der Waals surface area contributed by atoms with Gasteiger partial charge in [0.15, 0.2) is 11.5 Å². The summed E-state index contributed by atoms with van der Waals surface area (Å²) in [6.45, 7) is 0.700. The highest BCUT2D eigenvalue weighted by Gasteiger charge is 2.52. The molecule has 2 aliphatic rings. The Bertz CT molecular complexity index is 1210. The predicted octanol–water partition coefficient (Wildman–Crippen LogP) is 1.27. The number of amides is 4. The second-order valence-electron chi connectivity index (χ2n) is 8.08. The number of ether oxygens (including phenoxy) is 1. The van der Waals surface area contributed by atoms with Crippen molar-refractivity contribution >= 4 is 35.0 Å². The van der Waals surface area contributed by atoms with E-state index in [4.69, 9.17) is 4.74 Å². The van der Waals surface area contributed by atoms with E-state index in [0.717, 1.165) is 16.4 Å². The van der Waals surface area contributed by atoms with E-state index in [0.29, 0.717) is 37.4 Å². The normalized spacial score (nSPS) is 17.5. The summed E-state index contributed by atoms with van der Waals surface area (Å²) in [5, 5.41) is 5.53. The van der Waals surface area contributed by atoms with Crippen molar-refractivity contribution in [3.05, 3.63) is 49.1 Å². The second kappa shape index (κ2) is 8.08. The zero-order chi connectivity index (χ0) is 23.0. The minimum Gasteiger partial charge on any atom is -0.497 e. The van der Waals surface area contributed by atoms with Crippen molar-refractivity contribution in [2.45, 2.75) is 18.4 Å². The van der Waals surface area contributed by atoms with E-state index in [1.165, 1.54) is 0 Å². The minimum atomic E-state index is -1.01. The molecule has 11 heteroatoms. The molecule has 0 atom stereocenters. The highest BCUT2D eigenvalue weighted by molar-refractivity contribution is 6.10. The number of anilines is 2. The van der Waals surface area contributed by atoms with Crippen LogP contribution in [0.3, 0.4) is 0 Å². The molecule has 2 fully saturated rings. The molecule has 2 saturated heterocycles. The van der Waals surface area contributed by atoms with Crippen LogP contribution in [0.25, 0.3) is 5.65 Å². The second-order valence-corrected chi connectivity index (χ2v) is 8.08. The number of piperidine rings is 1. The first kappa shape index (κ1) is 20.7. The molecule has 0 unspecified atom stereocenters. The number of imide groups is 1. The molecule has 0 aliphatic carbocycles. The molecule has 0 radical (unpaired) electrons. The zero-order valence-electron chi connectivity index (χ0n) is 18.0. The summed E-state index contributed by atoms with van der Waals surface area (Å²) in [6, 6.07) is 6.25. The lowest BCUT2D eigenvalue weighted by Gasteiger charge is -2.37. The number of hydrogen-bond donors (Lipinski definition) is 2. The van der Waals surface area contributed by atoms with Crippen LogP contribution in [0.2, 0.25) is 0 Å². The summed E-state index contributed by atoms with van der Waals surface area (Å²) in [7, 11) is 1.56. The number of methoxy groups -OCH3 is 1. The molecule has 1 aromatic carbocycles. The summed E-state index contributed by atoms with van der Waals surface area (Å²) in [5.41, 5.74) is 0.290. The molecule has 1 spiro atoms. The summed E-state index contributed by atoms with van der Waals surface area (Å²) >= 11 is 0. The van der Waals surface area contributed by atoms with E-state index in [1.54, 1.807) is 43.8 Å². The largest absolute Gasteiger partial charge is 0.497 e. The molecule has 5 rings (SSSR count). The van der Waals surface area contributed by atoms with Crippen molar-refractivity contribution in [3.8, 4) is 5.75 Å². The standard InChI is InChI=1S/C22H23N7O4/c1-33-16-4-2-15(3-5-16)25-17(30)14-29-20(31)22(26-21(29)32)6-10-27(11-7-22)18-19-24-9-13-28(19)12-8-23-18/h2-5,8-9,12-13H,6-7,10-11,14H2,1H3,(H,25,30)(H,26,32). The van der Waals surface area contributed by atoms with Gasteiger partial charge in [-0.25, -0.2) is 14.8 Å². The molecule has 0 saturated carbocycles. The molecule has 2 N–H and O–H groups in total. The van der Waals surface area contributed by atoms with Gasteiger partial charge in [0, 0.05) is 43.6 Å². The first-order chi connectivity index (χ1) is 16.0. The van der Waals surface area contributed by atoms with Gasteiger partial charge in [-0.2, -0.15) is 0 Å². The molecule has 0 bridgehead atoms. The third-order valence-corrected chi connectivity index (χ3v) is 6.13. The van der Waals surface area contributed by atoms with Gasteiger partial charge >= 0.3 is 6.03 Å². The van der Waals surface area contributed by atoms with Crippen LogP contribution in [0.15, 0.2) is 49.1 Å². The van der Waals surface area contributed by atoms with Gasteiger partial charge in [0.05, 0.1) is 7.11 Å². The highest BCUT2D eigenvalue weighted by atomic mass is 16.5. The maximum atomic E-state index is 13.2. The third-order valence-electron chi connectivity index (χ3n) is 6.13. The minimum absolute atomic E-state index is 0.350. The number of urea groups is 1. The fourth-order valence-corrected chi connectivity index (χ4v) is 4.34. The Kier molecular flexibility index (Phi) is 5.08. The Hall–Kier alpha value is -4.15. The summed E-state index contributed by atoms with van der Waals surface area (Å²) < 4.78 is 6.98. The van der Waals surface area contributed by atoms with Gasteiger partial charge in [-0.15, -0.1) is 0 Å². The van der Waals surface area contributed by atoms with Crippen molar-refractivity contribution in [1.29, 1.82) is 0 Å². The Balaban J connectivity index is 1.24. The Labute approximate surface area is 189 Å². The van der Waals surface area contributed by atoms with Crippen LogP contribution in [-0.4, -0.2) is 69.4 Å². The average molecular weight is 449 g/mol. The molecular weight excluding hydrogens is 426 g/mol. The van der Waals surface area contributed by atoms with Crippen molar-refractivity contribution in [3.63, 3.8) is 0 Å². The van der Waals surface area contributed by atoms with Gasteiger partial charge in [-0.3, -0.25) is 14.5 Å². The molecule has 11 nitrogen and oxygen atoms in total. The van der Waals surface area contributed by atoms with Gasteiger partial charge in [0.1, 0.15) is 17.8 Å². The maximum absolute atomic E-state index is 13.2. The first-order valence-electron chi connectivity index (χ1n) is 10.6. The molecule has 3 aromatic rings. The van der Waals surface area contributed by atoms with Crippen LogP contribution in [0.4, 0.5) is 16.3 Å². The Morgan fingerprint density at radius 2 is 1.82 bits per heavy atom. The van der Waals surface area contributed by atoms with Crippen LogP contribution in [0, 0.1) is 0 Å². The molecule has 170 valence electrons. The smallest absolute Gasteiger partial charge is 0.325 e. The number of aromatic nitrogens is 3. The summed E-state index contributed by atoms with van der Waals surface area (Å²) in [4.78, 5) is 50.1. The molecule has 4 amide bonds. The predicted molar refractivity (Wildman–Crippen MR) is 119 cm³/mol. The molecular formula is C22H23N7O4. The number of carbonyl (C=O) groups excluding carboxylic acids is 3. The molecule has 33 heavy (non-hydrogen) atoms. The lowest BCUT2D eigenvalue weighted by molar-refractivity contribution is -0.134. The van der Waals surface area contributed by atoms with Crippen LogP contribution in [-0.2, 0) is 9.59 Å². The third kappa shape index (κ3) is 3.71. The number of hydrogen-bond acceptors (Lipinski definition) is 7. The number of rotatable bonds is 5. The summed E-state index contributed by atoms with van der Waals surface area (Å²) in [6.07, 6.45) is 7.92. The van der Waals surface area contributed by atoms with E-state index in [1.807, 2.05) is 16.8 Å². The molecule has 4 heterocycles. The topological polar surface area (TPSA) is 121 Å². The molecule has 2 aromatic heterocycles. The van der Waals surface area contributed by atoms with Crippen molar-refractivity contribution in [2.24, 2.45) is 0 Å². The van der Waals surface area contributed by atoms with Gasteiger partial charge in [-0.05, 0) is 37.1 Å². The molecule has 2 aliphatic heterocycles. The van der Waals surface area contributed by atoms with Gasteiger partial charge in [0.25, 0.3) is 5.91 Å². The number of nitrogens with zero attached hydrogens (tertiary/aromatic N) is 5. The van der Waals surface area contributed by atoms with Gasteiger partial charge < -0.3 is 24.7 Å². The van der Waals surface area contributed by atoms with E-state index in [9.17, 15) is 14.4 Å². The number of fused-ring (bicyclic) bond motifs is 1. The lowest BCUT2D eigenvalue weighted by atomic mass is 9.87. The zero-order valence-corrected chi connectivity index (χ0v) is 18.0. The van der Waals surface area contributed by atoms with E-state index in [-0.39, 0.29) is 12.5 Å². The van der Waals surface area contributed by atoms with Gasteiger partial charge in [-0.1, -0.05) is 0 Å². The Morgan fingerprint density at radius 3 is 2.52 bits per heavy atom. The monoisotopic (exact) mass is 449 g/mol. The van der Waals surface area contributed by atoms with Crippen molar-refractivity contribution in [2.75, 3.05) is 37.0 Å². The highest BCUT2D eigenvalue weighted by Crippen LogP contribution is 2.32. The number of carbonyl (C=O) groups is 3. The average Bonchev–Trinajstić information content (AvgIpc) is 3.39. The van der Waals surface area contributed by atoms with E-state index in [2.05, 4.69) is 25.5 Å². The Morgan fingerprint density at radius 1 is 1.12 bits per heavy atom. The number of nitrogens with one attached hydrogen (secondary N) is 2. The van der Waals surface area contributed by atoms with Crippen molar-refractivity contribution < 1.29 is 19.1 Å². The lowest BCUT2D eigenvalue weighted by Crippen LogP contribution is -2.55. The quantitative estimate of drug-likeness (QED) is 0.563. The van der Waals surface area contributed by atoms with Crippen molar-refractivity contribution in [1.82, 2.24) is 24.6 Å². The SMILES string of the molecule is COc1ccc(NC(=O)CN2C(=O)NC3(CCN(c4nccn5ccnc45)CC3)C2=O)cc1. The number of benzene rings is 1.